The Morgan fingerprint density at radius 2 is 1.85 bits per heavy atom. The first-order chi connectivity index (χ1) is 9.90. The first-order valence-corrected chi connectivity index (χ1v) is 5.90. The molecule has 0 spiro atoms. The largest absolute Gasteiger partial charge is 0.266 e. The third-order valence-electron chi connectivity index (χ3n) is 3.18. The Kier molecular flexibility index (Phi) is 2.18. The van der Waals surface area contributed by atoms with Gasteiger partial charge in [-0.15, -0.1) is 4.48 Å². The van der Waals surface area contributed by atoms with Crippen molar-refractivity contribution in [2.24, 2.45) is 15.0 Å². The Bertz CT molecular complexity index is 770. The minimum atomic E-state index is 0.181. The Labute approximate surface area is 113 Å². The average Bonchev–Trinajstić information content (AvgIpc) is 3.15. The summed E-state index contributed by atoms with van der Waals surface area (Å²) in [6.07, 6.45) is 13.4. The lowest BCUT2D eigenvalue weighted by Gasteiger charge is -2.24. The van der Waals surface area contributed by atoms with Crippen LogP contribution in [0.15, 0.2) is 51.9 Å². The van der Waals surface area contributed by atoms with E-state index >= 15 is 0 Å². The van der Waals surface area contributed by atoms with Crippen molar-refractivity contribution in [3.8, 4) is 11.1 Å². The number of hydrogen-bond acceptors (Lipinski definition) is 6. The second kappa shape index (κ2) is 4.00. The molecule has 0 aromatic carbocycles. The molecule has 0 saturated heterocycles. The standard InChI is InChI=1S/C12H9N8/c1-9(2-14-5-13-1)10-3-18-19-12(10)20-7-15-4-11(20)17-6-16-8-20/h1-8H,(H,18,19)/q+1. The predicted molar refractivity (Wildman–Crippen MR) is 75.0 cm³/mol. The molecule has 2 aliphatic heterocycles. The zero-order chi connectivity index (χ0) is 13.4. The smallest absolute Gasteiger partial charge is 0.244 e. The first-order valence-electron chi connectivity index (χ1n) is 5.90. The van der Waals surface area contributed by atoms with Crippen molar-refractivity contribution in [1.29, 1.82) is 0 Å². The monoisotopic (exact) mass is 265 g/mol. The number of rotatable bonds is 2. The number of hydrogen-bond donors (Lipinski definition) is 1. The Morgan fingerprint density at radius 1 is 1.00 bits per heavy atom. The molecule has 4 heterocycles. The minimum Gasteiger partial charge on any atom is -0.244 e. The van der Waals surface area contributed by atoms with Crippen LogP contribution >= 0.6 is 0 Å². The summed E-state index contributed by atoms with van der Waals surface area (Å²) < 4.78 is 0.181. The van der Waals surface area contributed by atoms with Crippen molar-refractivity contribution >= 4 is 24.8 Å². The second-order valence-corrected chi connectivity index (χ2v) is 4.30. The highest BCUT2D eigenvalue weighted by molar-refractivity contribution is 6.03. The molecular weight excluding hydrogens is 256 g/mol. The number of nitrogens with zero attached hydrogens (tertiary/aromatic N) is 7. The molecule has 1 N–H and O–H groups in total. The van der Waals surface area contributed by atoms with Crippen LogP contribution in [-0.4, -0.2) is 39.2 Å². The van der Waals surface area contributed by atoms with Gasteiger partial charge >= 0.3 is 0 Å². The fraction of sp³-hybridized carbons (Fsp3) is 0. The average molecular weight is 265 g/mol. The van der Waals surface area contributed by atoms with E-state index in [0.29, 0.717) is 0 Å². The minimum absolute atomic E-state index is 0.181. The molecule has 20 heavy (non-hydrogen) atoms. The van der Waals surface area contributed by atoms with Gasteiger partial charge < -0.3 is 0 Å². The van der Waals surface area contributed by atoms with Crippen molar-refractivity contribution in [2.45, 2.75) is 0 Å². The van der Waals surface area contributed by atoms with E-state index < -0.39 is 0 Å². The van der Waals surface area contributed by atoms with E-state index in [9.17, 15) is 0 Å². The zero-order valence-electron chi connectivity index (χ0n) is 10.2. The third kappa shape index (κ3) is 1.39. The molecule has 2 aliphatic rings. The Morgan fingerprint density at radius 3 is 2.75 bits per heavy atom. The van der Waals surface area contributed by atoms with Crippen molar-refractivity contribution in [3.05, 3.63) is 36.9 Å². The molecule has 0 fully saturated rings. The fourth-order valence-electron chi connectivity index (χ4n) is 2.25. The molecule has 0 bridgehead atoms. The van der Waals surface area contributed by atoms with E-state index in [-0.39, 0.29) is 4.48 Å². The number of H-pyrrole nitrogens is 1. The molecule has 0 aliphatic carbocycles. The molecule has 0 amide bonds. The maximum Gasteiger partial charge on any atom is 0.266 e. The van der Waals surface area contributed by atoms with E-state index in [1.165, 1.54) is 12.7 Å². The maximum atomic E-state index is 4.26. The number of fused-ring (bicyclic) bond motifs is 1. The summed E-state index contributed by atoms with van der Waals surface area (Å²) in [5.74, 6) is 1.55. The molecule has 0 radical (unpaired) electrons. The van der Waals surface area contributed by atoms with Crippen LogP contribution in [0.3, 0.4) is 0 Å². The Hall–Kier alpha value is -3.00. The van der Waals surface area contributed by atoms with E-state index in [0.717, 1.165) is 22.8 Å². The van der Waals surface area contributed by atoms with E-state index in [1.54, 1.807) is 37.5 Å². The summed E-state index contributed by atoms with van der Waals surface area (Å²) in [4.78, 5) is 20.7. The van der Waals surface area contributed by atoms with Gasteiger partial charge in [-0.05, 0) is 0 Å². The molecule has 96 valence electrons. The second-order valence-electron chi connectivity index (χ2n) is 4.30. The summed E-state index contributed by atoms with van der Waals surface area (Å²) in [6, 6.07) is 0. The van der Waals surface area contributed by atoms with Crippen LogP contribution < -0.4 is 4.48 Å². The third-order valence-corrected chi connectivity index (χ3v) is 3.18. The zero-order valence-corrected chi connectivity index (χ0v) is 10.2. The topological polar surface area (TPSA) is 91.5 Å². The first kappa shape index (κ1) is 10.9. The molecule has 4 rings (SSSR count). The molecule has 0 saturated carbocycles. The molecular formula is C12H9N8+. The lowest BCUT2D eigenvalue weighted by atomic mass is 10.1. The highest BCUT2D eigenvalue weighted by Crippen LogP contribution is 2.36. The van der Waals surface area contributed by atoms with Crippen LogP contribution in [0, 0.1) is 0 Å². The number of aromatic nitrogens is 4. The summed E-state index contributed by atoms with van der Waals surface area (Å²) in [7, 11) is 0. The van der Waals surface area contributed by atoms with Gasteiger partial charge in [0.05, 0.1) is 11.8 Å². The van der Waals surface area contributed by atoms with Crippen LogP contribution in [0.5, 0.6) is 0 Å². The highest BCUT2D eigenvalue weighted by Gasteiger charge is 2.42. The Balaban J connectivity index is 1.91. The van der Waals surface area contributed by atoms with Gasteiger partial charge in [0, 0.05) is 18.0 Å². The molecule has 2 aromatic rings. The molecule has 1 atom stereocenters. The van der Waals surface area contributed by atoms with Gasteiger partial charge in [0.2, 0.25) is 18.5 Å². The van der Waals surface area contributed by atoms with Crippen molar-refractivity contribution < 1.29 is 0 Å². The fourth-order valence-corrected chi connectivity index (χ4v) is 2.25. The summed E-state index contributed by atoms with van der Waals surface area (Å²) in [6.45, 7) is 0. The quantitative estimate of drug-likeness (QED) is 0.824. The van der Waals surface area contributed by atoms with Crippen molar-refractivity contribution in [3.63, 3.8) is 0 Å². The molecule has 8 heteroatoms. The lowest BCUT2D eigenvalue weighted by molar-refractivity contribution is 0.721. The highest BCUT2D eigenvalue weighted by atomic mass is 15.5. The van der Waals surface area contributed by atoms with Gasteiger partial charge in [-0.25, -0.2) is 20.1 Å². The normalized spacial score (nSPS) is 22.9. The van der Waals surface area contributed by atoms with E-state index in [1.807, 2.05) is 0 Å². The van der Waals surface area contributed by atoms with Crippen molar-refractivity contribution in [1.82, 2.24) is 24.6 Å². The number of nitrogens with one attached hydrogen (secondary N) is 1. The number of aliphatic imine (C=N–C) groups is 3. The molecule has 8 nitrogen and oxygen atoms in total. The number of quaternary nitrogens is 1. The van der Waals surface area contributed by atoms with Gasteiger partial charge in [-0.2, -0.15) is 15.1 Å². The van der Waals surface area contributed by atoms with Crippen LogP contribution in [0.1, 0.15) is 0 Å². The van der Waals surface area contributed by atoms with Crippen LogP contribution in [0.4, 0.5) is 5.82 Å². The van der Waals surface area contributed by atoms with Gasteiger partial charge in [0.1, 0.15) is 18.9 Å². The summed E-state index contributed by atoms with van der Waals surface area (Å²) >= 11 is 0. The van der Waals surface area contributed by atoms with Gasteiger partial charge in [-0.1, -0.05) is 0 Å². The SMILES string of the molecule is C1=NC=NC2=CN=C[N+]12c1[nH]ncc1-c1cncnc1. The summed E-state index contributed by atoms with van der Waals surface area (Å²) in [5, 5.41) is 7.14. The van der Waals surface area contributed by atoms with Gasteiger partial charge in [0.25, 0.3) is 5.82 Å². The summed E-state index contributed by atoms with van der Waals surface area (Å²) in [5.41, 5.74) is 1.75. The van der Waals surface area contributed by atoms with Crippen LogP contribution in [0.25, 0.3) is 11.1 Å². The van der Waals surface area contributed by atoms with Gasteiger partial charge in [-0.3, -0.25) is 0 Å². The van der Waals surface area contributed by atoms with Gasteiger partial charge in [0.15, 0.2) is 0 Å². The van der Waals surface area contributed by atoms with Crippen LogP contribution in [0.2, 0.25) is 0 Å². The lowest BCUT2D eigenvalue weighted by Crippen LogP contribution is -2.45. The number of aromatic amines is 1. The molecule has 2 aromatic heterocycles. The molecule has 1 unspecified atom stereocenters. The van der Waals surface area contributed by atoms with E-state index in [2.05, 4.69) is 35.1 Å². The van der Waals surface area contributed by atoms with E-state index in [4.69, 9.17) is 0 Å². The van der Waals surface area contributed by atoms with Crippen LogP contribution in [-0.2, 0) is 0 Å². The maximum absolute atomic E-state index is 4.26. The predicted octanol–water partition coefficient (Wildman–Crippen LogP) is 1.08. The van der Waals surface area contributed by atoms with Crippen molar-refractivity contribution in [2.75, 3.05) is 0 Å².